The number of hydrogen-bond acceptors (Lipinski definition) is 16. The third-order valence-electron chi connectivity index (χ3n) is 12.1. The van der Waals surface area contributed by atoms with Crippen LogP contribution in [0.15, 0.2) is 90.6 Å². The van der Waals surface area contributed by atoms with Gasteiger partial charge in [-0.25, -0.2) is 15.0 Å². The molecule has 0 unspecified atom stereocenters. The van der Waals surface area contributed by atoms with E-state index in [1.165, 1.54) is 4.90 Å². The van der Waals surface area contributed by atoms with Crippen LogP contribution < -0.4 is 20.9 Å². The minimum absolute atomic E-state index is 0.0121. The first-order valence-corrected chi connectivity index (χ1v) is 26.3. The second kappa shape index (κ2) is 26.9. The standard InChI is InChI=1S/C54H68N8O9S2/c1-36-49(72-35-58-36)39-9-7-37(8-10-39)31-57-51(65)45-30-43(63)33-62(45)53(66)50(54(2,3)4)60-48(64)34-71-28-27-70-26-25-69-24-23-68-22-21-67-20-19-55-42-16-17-44-46(29-42)73-52(59-44)40-13-11-38(12-14-40)41-15-18-47(56-32-41)61(5)6/h7-18,29,32,35,43,45,50,55,63H,19-28,30-31,33-34H2,1-6H3,(H,57,65)(H,60,64)/t43-,45+,50-/m0/s1. The number of β-amino-alcohol motifs (C(OH)–C–C–N with tert-alkyl or cyclic N) is 1. The summed E-state index contributed by atoms with van der Waals surface area (Å²) in [5.41, 5.74) is 9.28. The molecule has 390 valence electrons. The van der Waals surface area contributed by atoms with E-state index in [4.69, 9.17) is 28.7 Å². The Hall–Kier alpha value is -5.90. The average Bonchev–Trinajstić information content (AvgIpc) is 4.13. The van der Waals surface area contributed by atoms with Crippen LogP contribution in [0.2, 0.25) is 0 Å². The Morgan fingerprint density at radius 3 is 2.04 bits per heavy atom. The fourth-order valence-electron chi connectivity index (χ4n) is 8.08. The number of aromatic nitrogens is 3. The van der Waals surface area contributed by atoms with Gasteiger partial charge < -0.3 is 54.5 Å². The first-order valence-electron chi connectivity index (χ1n) is 24.6. The van der Waals surface area contributed by atoms with Crippen molar-refractivity contribution in [3.8, 4) is 32.1 Å². The highest BCUT2D eigenvalue weighted by molar-refractivity contribution is 7.21. The summed E-state index contributed by atoms with van der Waals surface area (Å²) in [6.45, 7) is 11.5. The molecule has 1 fully saturated rings. The number of anilines is 2. The van der Waals surface area contributed by atoms with Gasteiger partial charge in [0.2, 0.25) is 17.7 Å². The molecular weight excluding hydrogens is 969 g/mol. The molecule has 6 aromatic rings. The van der Waals surface area contributed by atoms with E-state index in [1.54, 1.807) is 22.7 Å². The monoisotopic (exact) mass is 1040 g/mol. The Balaban J connectivity index is 0.693. The zero-order valence-corrected chi connectivity index (χ0v) is 44.2. The number of rotatable bonds is 27. The molecule has 19 heteroatoms. The van der Waals surface area contributed by atoms with E-state index in [2.05, 4.69) is 62.3 Å². The van der Waals surface area contributed by atoms with Crippen LogP contribution in [0.4, 0.5) is 11.5 Å². The Morgan fingerprint density at radius 1 is 0.795 bits per heavy atom. The highest BCUT2D eigenvalue weighted by atomic mass is 32.1. The van der Waals surface area contributed by atoms with Crippen LogP contribution in [-0.2, 0) is 44.6 Å². The predicted octanol–water partition coefficient (Wildman–Crippen LogP) is 6.83. The van der Waals surface area contributed by atoms with Crippen molar-refractivity contribution in [1.29, 1.82) is 0 Å². The SMILES string of the molecule is Cc1ncsc1-c1ccc(CNC(=O)[C@H]2C[C@H](O)CN2C(=O)[C@H](NC(=O)COCCOCCOCCOCCOCCNc2ccc3nc(-c4ccc(-c5ccc(N(C)C)nc5)cc4)sc3c2)C(C)(C)C)cc1. The molecular formula is C54H68N8O9S2. The van der Waals surface area contributed by atoms with Crippen LogP contribution >= 0.6 is 22.7 Å². The molecule has 0 aliphatic carbocycles. The third-order valence-corrected chi connectivity index (χ3v) is 14.1. The zero-order valence-electron chi connectivity index (χ0n) is 42.6. The number of aliphatic hydroxyl groups is 1. The number of thiazole rings is 2. The van der Waals surface area contributed by atoms with Gasteiger partial charge >= 0.3 is 0 Å². The average molecular weight is 1040 g/mol. The Labute approximate surface area is 435 Å². The zero-order chi connectivity index (χ0) is 51.7. The third kappa shape index (κ3) is 16.0. The van der Waals surface area contributed by atoms with Crippen molar-refractivity contribution in [2.24, 2.45) is 5.41 Å². The van der Waals surface area contributed by atoms with E-state index in [9.17, 15) is 19.5 Å². The summed E-state index contributed by atoms with van der Waals surface area (Å²) in [4.78, 5) is 58.5. The van der Waals surface area contributed by atoms with Gasteiger partial charge in [-0.3, -0.25) is 14.4 Å². The molecule has 7 rings (SSSR count). The summed E-state index contributed by atoms with van der Waals surface area (Å²) in [7, 11) is 3.96. The maximum absolute atomic E-state index is 13.9. The maximum Gasteiger partial charge on any atom is 0.246 e. The number of ether oxygens (including phenoxy) is 5. The van der Waals surface area contributed by atoms with Crippen molar-refractivity contribution in [2.75, 3.05) is 103 Å². The molecule has 1 aliphatic rings. The second-order valence-electron chi connectivity index (χ2n) is 19.0. The Bertz CT molecular complexity index is 2690. The summed E-state index contributed by atoms with van der Waals surface area (Å²) in [6, 6.07) is 24.8. The number of likely N-dealkylation sites (tertiary alicyclic amines) is 1. The van der Waals surface area contributed by atoms with Crippen LogP contribution in [0.25, 0.3) is 42.4 Å². The van der Waals surface area contributed by atoms with Gasteiger partial charge in [-0.15, -0.1) is 22.7 Å². The molecule has 3 aromatic carbocycles. The number of aliphatic hydroxyl groups excluding tert-OH is 1. The van der Waals surface area contributed by atoms with Gasteiger partial charge in [0.25, 0.3) is 0 Å². The van der Waals surface area contributed by atoms with Crippen molar-refractivity contribution in [3.63, 3.8) is 0 Å². The summed E-state index contributed by atoms with van der Waals surface area (Å²) in [5.74, 6) is -0.357. The summed E-state index contributed by atoms with van der Waals surface area (Å²) < 4.78 is 29.2. The maximum atomic E-state index is 13.9. The van der Waals surface area contributed by atoms with E-state index < -0.39 is 35.4 Å². The number of carbonyl (C=O) groups excluding carboxylic acids is 3. The molecule has 0 spiro atoms. The first-order chi connectivity index (χ1) is 35.2. The highest BCUT2D eigenvalue weighted by Crippen LogP contribution is 2.34. The van der Waals surface area contributed by atoms with Crippen LogP contribution in [0, 0.1) is 12.3 Å². The molecule has 0 bridgehead atoms. The van der Waals surface area contributed by atoms with Crippen LogP contribution in [0.1, 0.15) is 38.4 Å². The van der Waals surface area contributed by atoms with Gasteiger partial charge in [0.1, 0.15) is 29.5 Å². The van der Waals surface area contributed by atoms with E-state index >= 15 is 0 Å². The van der Waals surface area contributed by atoms with Crippen LogP contribution in [0.5, 0.6) is 0 Å². The molecule has 3 atom stereocenters. The number of amides is 3. The normalized spacial score (nSPS) is 15.1. The summed E-state index contributed by atoms with van der Waals surface area (Å²) in [5, 5.41) is 20.7. The fraction of sp³-hybridized carbons (Fsp3) is 0.444. The number of hydrogen-bond donors (Lipinski definition) is 4. The van der Waals surface area contributed by atoms with Crippen molar-refractivity contribution < 1.29 is 43.2 Å². The van der Waals surface area contributed by atoms with Crippen molar-refractivity contribution in [1.82, 2.24) is 30.5 Å². The van der Waals surface area contributed by atoms with Gasteiger partial charge in [0.05, 0.1) is 91.9 Å². The lowest BCUT2D eigenvalue weighted by Crippen LogP contribution is -2.58. The topological polar surface area (TPSA) is 199 Å². The quantitative estimate of drug-likeness (QED) is 0.0392. The largest absolute Gasteiger partial charge is 0.391 e. The predicted molar refractivity (Wildman–Crippen MR) is 287 cm³/mol. The van der Waals surface area contributed by atoms with Gasteiger partial charge in [-0.05, 0) is 59.4 Å². The first kappa shape index (κ1) is 54.9. The minimum atomic E-state index is -0.959. The molecule has 4 heterocycles. The van der Waals surface area contributed by atoms with E-state index in [0.29, 0.717) is 52.8 Å². The van der Waals surface area contributed by atoms with Crippen LogP contribution in [-0.4, -0.2) is 154 Å². The van der Waals surface area contributed by atoms with Crippen molar-refractivity contribution in [3.05, 3.63) is 102 Å². The molecule has 1 saturated heterocycles. The molecule has 0 saturated carbocycles. The smallest absolute Gasteiger partial charge is 0.246 e. The lowest BCUT2D eigenvalue weighted by molar-refractivity contribution is -0.144. The molecule has 17 nitrogen and oxygen atoms in total. The number of nitrogens with one attached hydrogen (secondary N) is 3. The van der Waals surface area contributed by atoms with Crippen LogP contribution in [0.3, 0.4) is 0 Å². The van der Waals surface area contributed by atoms with E-state index in [1.807, 2.05) is 101 Å². The molecule has 3 aromatic heterocycles. The lowest BCUT2D eigenvalue weighted by atomic mass is 9.85. The molecule has 4 N–H and O–H groups in total. The van der Waals surface area contributed by atoms with Gasteiger partial charge in [0, 0.05) is 63.2 Å². The molecule has 3 amide bonds. The van der Waals surface area contributed by atoms with Gasteiger partial charge in [-0.1, -0.05) is 69.3 Å². The van der Waals surface area contributed by atoms with E-state index in [-0.39, 0.29) is 45.2 Å². The minimum Gasteiger partial charge on any atom is -0.391 e. The molecule has 73 heavy (non-hydrogen) atoms. The summed E-state index contributed by atoms with van der Waals surface area (Å²) >= 11 is 3.24. The Kier molecular flexibility index (Phi) is 20.2. The van der Waals surface area contributed by atoms with E-state index in [0.717, 1.165) is 65.1 Å². The lowest BCUT2D eigenvalue weighted by Gasteiger charge is -2.35. The van der Waals surface area contributed by atoms with Crippen molar-refractivity contribution in [2.45, 2.75) is 58.8 Å². The fourth-order valence-corrected chi connectivity index (χ4v) is 9.90. The number of fused-ring (bicyclic) bond motifs is 1. The number of pyridine rings is 1. The number of benzene rings is 3. The molecule has 1 aliphatic heterocycles. The number of aryl methyl sites for hydroxylation is 1. The molecule has 0 radical (unpaired) electrons. The number of nitrogens with zero attached hydrogens (tertiary/aromatic N) is 5. The highest BCUT2D eigenvalue weighted by Gasteiger charge is 2.44. The van der Waals surface area contributed by atoms with Gasteiger partial charge in [0.15, 0.2) is 0 Å². The van der Waals surface area contributed by atoms with Crippen molar-refractivity contribution >= 4 is 62.1 Å². The Morgan fingerprint density at radius 2 is 1.42 bits per heavy atom. The number of carbonyl (C=O) groups is 3. The second-order valence-corrected chi connectivity index (χ2v) is 20.8. The summed E-state index contributed by atoms with van der Waals surface area (Å²) in [6.07, 6.45) is 1.14. The van der Waals surface area contributed by atoms with Gasteiger partial charge in [-0.2, -0.15) is 0 Å².